The zero-order valence-corrected chi connectivity index (χ0v) is 10.7. The lowest BCUT2D eigenvalue weighted by Gasteiger charge is -2.32. The maximum Gasteiger partial charge on any atom is 0.372 e. The molecule has 1 amide bonds. The summed E-state index contributed by atoms with van der Waals surface area (Å²) in [6, 6.07) is -2.00. The molecule has 7 N–H and O–H groups in total. The molecule has 0 radical (unpaired) electrons. The molecule has 0 bridgehead atoms. The summed E-state index contributed by atoms with van der Waals surface area (Å²) in [6.07, 6.45) is -9.45. The number of aliphatic hydroxyl groups is 5. The first-order valence-corrected chi connectivity index (χ1v) is 5.73. The molecule has 0 aromatic rings. The van der Waals surface area contributed by atoms with Crippen LogP contribution < -0.4 is 5.32 Å². The molecular formula is C11H19NO9. The van der Waals surface area contributed by atoms with Crippen molar-refractivity contribution in [1.82, 2.24) is 5.32 Å². The molecule has 0 saturated heterocycles. The maximum absolute atomic E-state index is 11.5. The van der Waals surface area contributed by atoms with Gasteiger partial charge in [-0.05, 0) is 0 Å². The molecule has 0 aromatic carbocycles. The van der Waals surface area contributed by atoms with Crippen LogP contribution in [0.25, 0.3) is 0 Å². The number of carboxylic acid groups (broad SMARTS) is 1. The second-order valence-corrected chi connectivity index (χ2v) is 4.23. The minimum Gasteiger partial charge on any atom is -0.475 e. The van der Waals surface area contributed by atoms with Crippen LogP contribution >= 0.6 is 0 Å². The van der Waals surface area contributed by atoms with E-state index in [9.17, 15) is 34.8 Å². The van der Waals surface area contributed by atoms with Crippen LogP contribution in [0.15, 0.2) is 0 Å². The van der Waals surface area contributed by atoms with Crippen LogP contribution in [-0.2, 0) is 14.4 Å². The van der Waals surface area contributed by atoms with E-state index >= 15 is 0 Å². The van der Waals surface area contributed by atoms with Gasteiger partial charge >= 0.3 is 5.97 Å². The number of hydrogen-bond acceptors (Lipinski definition) is 8. The summed E-state index contributed by atoms with van der Waals surface area (Å²) in [7, 11) is 0. The van der Waals surface area contributed by atoms with Crippen LogP contribution in [0.3, 0.4) is 0 Å². The van der Waals surface area contributed by atoms with Crippen molar-refractivity contribution in [1.29, 1.82) is 0 Å². The predicted molar refractivity (Wildman–Crippen MR) is 66.0 cm³/mol. The van der Waals surface area contributed by atoms with E-state index < -0.39 is 68.0 Å². The number of rotatable bonds is 9. The molecular weight excluding hydrogens is 290 g/mol. The van der Waals surface area contributed by atoms with Crippen molar-refractivity contribution in [2.24, 2.45) is 0 Å². The standard InChI is InChI=1S/C11H19NO9/c1-4(14)12-8(5(15)2-6(16)11(20)21)10(19)9(18)7(17)3-13/h5,7-10,13,15,17-19H,2-3H2,1H3,(H,12,14)(H,20,21)/t5-,7-,8-,9-,10-/m1/s1/i1D3. The van der Waals surface area contributed by atoms with Crippen molar-refractivity contribution in [3.05, 3.63) is 0 Å². The van der Waals surface area contributed by atoms with Gasteiger partial charge in [0.1, 0.15) is 18.3 Å². The highest BCUT2D eigenvalue weighted by atomic mass is 16.4. The normalized spacial score (nSPS) is 20.9. The molecule has 122 valence electrons. The summed E-state index contributed by atoms with van der Waals surface area (Å²) in [5.41, 5.74) is 0. The Labute approximate surface area is 123 Å². The van der Waals surface area contributed by atoms with E-state index in [0.29, 0.717) is 0 Å². The van der Waals surface area contributed by atoms with Crippen molar-refractivity contribution in [3.8, 4) is 0 Å². The van der Waals surface area contributed by atoms with Crippen LogP contribution in [-0.4, -0.2) is 85.4 Å². The lowest BCUT2D eigenvalue weighted by molar-refractivity contribution is -0.151. The van der Waals surface area contributed by atoms with Gasteiger partial charge in [-0.1, -0.05) is 0 Å². The third kappa shape index (κ3) is 6.14. The lowest BCUT2D eigenvalue weighted by atomic mass is 9.94. The molecule has 0 heterocycles. The second kappa shape index (κ2) is 8.64. The van der Waals surface area contributed by atoms with Crippen LogP contribution in [0.2, 0.25) is 0 Å². The molecule has 0 aromatic heterocycles. The molecule has 0 aliphatic carbocycles. The number of aliphatic carboxylic acids is 1. The monoisotopic (exact) mass is 312 g/mol. The Morgan fingerprint density at radius 2 is 1.67 bits per heavy atom. The van der Waals surface area contributed by atoms with Gasteiger partial charge in [0, 0.05) is 17.4 Å². The third-order valence-corrected chi connectivity index (χ3v) is 2.64. The smallest absolute Gasteiger partial charge is 0.372 e. The molecule has 21 heavy (non-hydrogen) atoms. The third-order valence-electron chi connectivity index (χ3n) is 2.64. The highest BCUT2D eigenvalue weighted by Crippen LogP contribution is 2.11. The largest absolute Gasteiger partial charge is 0.475 e. The minimum absolute atomic E-state index is 1.01. The minimum atomic E-state index is -3.20. The molecule has 0 fully saturated rings. The molecule has 0 rings (SSSR count). The zero-order valence-electron chi connectivity index (χ0n) is 13.7. The van der Waals surface area contributed by atoms with E-state index in [4.69, 9.17) is 14.3 Å². The van der Waals surface area contributed by atoms with Crippen LogP contribution in [0.5, 0.6) is 0 Å². The van der Waals surface area contributed by atoms with E-state index in [-0.39, 0.29) is 0 Å². The molecule has 10 heteroatoms. The number of carboxylic acids is 1. The summed E-state index contributed by atoms with van der Waals surface area (Å²) in [4.78, 5) is 33.1. The summed E-state index contributed by atoms with van der Waals surface area (Å²) in [6.45, 7) is -4.21. The van der Waals surface area contributed by atoms with Crippen molar-refractivity contribution >= 4 is 17.7 Å². The quantitative estimate of drug-likeness (QED) is 0.208. The first-order chi connectivity index (χ1) is 10.8. The second-order valence-electron chi connectivity index (χ2n) is 4.23. The number of hydrogen-bond donors (Lipinski definition) is 7. The summed E-state index contributed by atoms with van der Waals surface area (Å²) < 4.78 is 20.7. The van der Waals surface area contributed by atoms with E-state index in [0.717, 1.165) is 0 Å². The van der Waals surface area contributed by atoms with Crippen LogP contribution in [0.4, 0.5) is 0 Å². The Morgan fingerprint density at radius 1 is 1.10 bits per heavy atom. The highest BCUT2D eigenvalue weighted by molar-refractivity contribution is 6.32. The Kier molecular flexibility index (Phi) is 5.91. The Bertz CT molecular complexity index is 470. The Morgan fingerprint density at radius 3 is 2.10 bits per heavy atom. The van der Waals surface area contributed by atoms with E-state index in [1.165, 1.54) is 0 Å². The molecule has 0 spiro atoms. The first-order valence-electron chi connectivity index (χ1n) is 7.23. The topological polar surface area (TPSA) is 185 Å². The maximum atomic E-state index is 11.5. The van der Waals surface area contributed by atoms with Gasteiger partial charge < -0.3 is 36.0 Å². The number of Topliss-reactive ketones (excluding diaryl/α,β-unsaturated/α-hetero) is 1. The number of amides is 1. The molecule has 0 aliphatic heterocycles. The SMILES string of the molecule is [2H]C([2H])([2H])C(=O)N[C@@H]([C@@H](O)[C@H](O)[C@H](O)CO)[C@H](O)CC(=O)C(=O)O. The molecule has 5 atom stereocenters. The van der Waals surface area contributed by atoms with Gasteiger partial charge in [-0.15, -0.1) is 0 Å². The van der Waals surface area contributed by atoms with Gasteiger partial charge in [0.25, 0.3) is 0 Å². The number of nitrogens with one attached hydrogen (secondary N) is 1. The molecule has 0 aliphatic rings. The van der Waals surface area contributed by atoms with Crippen LogP contribution in [0.1, 0.15) is 17.4 Å². The molecule has 10 nitrogen and oxygen atoms in total. The van der Waals surface area contributed by atoms with Crippen molar-refractivity contribution in [2.45, 2.75) is 43.7 Å². The van der Waals surface area contributed by atoms with E-state index in [2.05, 4.69) is 0 Å². The van der Waals surface area contributed by atoms with Crippen molar-refractivity contribution < 1.29 is 49.1 Å². The van der Waals surface area contributed by atoms with E-state index in [1.54, 1.807) is 5.32 Å². The number of carbonyl (C=O) groups excluding carboxylic acids is 2. The van der Waals surface area contributed by atoms with Gasteiger partial charge in [-0.2, -0.15) is 0 Å². The summed E-state index contributed by atoms with van der Waals surface area (Å²) >= 11 is 0. The fraction of sp³-hybridized carbons (Fsp3) is 0.727. The lowest BCUT2D eigenvalue weighted by Crippen LogP contribution is -2.57. The van der Waals surface area contributed by atoms with Gasteiger partial charge in [-0.3, -0.25) is 9.59 Å². The Hall–Kier alpha value is -1.59. The summed E-state index contributed by atoms with van der Waals surface area (Å²) in [5, 5.41) is 57.4. The average Bonchev–Trinajstić information content (AvgIpc) is 2.48. The number of aliphatic hydroxyl groups excluding tert-OH is 5. The van der Waals surface area contributed by atoms with Gasteiger partial charge in [-0.25, -0.2) is 4.79 Å². The fourth-order valence-corrected chi connectivity index (χ4v) is 1.51. The molecule has 0 saturated carbocycles. The van der Waals surface area contributed by atoms with Crippen LogP contribution in [0, 0.1) is 0 Å². The van der Waals surface area contributed by atoms with E-state index in [1.807, 2.05) is 0 Å². The fourth-order valence-electron chi connectivity index (χ4n) is 1.51. The summed E-state index contributed by atoms with van der Waals surface area (Å²) in [5.74, 6) is -5.07. The number of carbonyl (C=O) groups is 3. The molecule has 0 unspecified atom stereocenters. The highest BCUT2D eigenvalue weighted by Gasteiger charge is 2.37. The average molecular weight is 312 g/mol. The zero-order chi connectivity index (χ0) is 19.2. The van der Waals surface area contributed by atoms with Gasteiger partial charge in [0.15, 0.2) is 0 Å². The predicted octanol–water partition coefficient (Wildman–Crippen LogP) is -4.03. The van der Waals surface area contributed by atoms with Crippen molar-refractivity contribution in [2.75, 3.05) is 6.61 Å². The van der Waals surface area contributed by atoms with Gasteiger partial charge in [0.2, 0.25) is 11.7 Å². The Balaban J connectivity index is 5.38. The van der Waals surface area contributed by atoms with Gasteiger partial charge in [0.05, 0.1) is 18.8 Å². The van der Waals surface area contributed by atoms with Crippen molar-refractivity contribution in [3.63, 3.8) is 0 Å². The number of ketones is 1. The first kappa shape index (κ1) is 14.4.